The van der Waals surface area contributed by atoms with Crippen LogP contribution in [-0.4, -0.2) is 0 Å². The van der Waals surface area contributed by atoms with Gasteiger partial charge in [-0.3, -0.25) is 0 Å². The lowest BCUT2D eigenvalue weighted by Gasteiger charge is -2.18. The topological polar surface area (TPSA) is 21.3 Å². The number of nitrogens with one attached hydrogen (secondary N) is 1. The van der Waals surface area contributed by atoms with Crippen LogP contribution in [-0.2, 0) is 6.61 Å². The zero-order chi connectivity index (χ0) is 17.6. The average Bonchev–Trinajstić information content (AvgIpc) is 2.64. The van der Waals surface area contributed by atoms with E-state index in [0.29, 0.717) is 6.61 Å². The first-order chi connectivity index (χ1) is 12.1. The quantitative estimate of drug-likeness (QED) is 0.607. The zero-order valence-electron chi connectivity index (χ0n) is 14.5. The lowest BCUT2D eigenvalue weighted by molar-refractivity contribution is 0.306. The molecule has 0 saturated carbocycles. The average molecular weight is 335 g/mol. The fraction of sp³-hybridized carbons (Fsp3) is 0.182. The summed E-state index contributed by atoms with van der Waals surface area (Å²) in [6.07, 6.45) is 0. The molecule has 2 nitrogen and oxygen atoms in total. The Labute approximate surface area is 148 Å². The van der Waals surface area contributed by atoms with E-state index in [0.717, 1.165) is 28.1 Å². The Hall–Kier alpha value is -2.81. The highest BCUT2D eigenvalue weighted by atomic mass is 19.1. The third-order valence-electron chi connectivity index (χ3n) is 4.20. The number of aryl methyl sites for hydroxylation is 1. The van der Waals surface area contributed by atoms with Crippen molar-refractivity contribution in [3.63, 3.8) is 0 Å². The Balaban J connectivity index is 1.62. The molecule has 3 rings (SSSR count). The maximum atomic E-state index is 13.4. The number of rotatable bonds is 6. The van der Waals surface area contributed by atoms with Gasteiger partial charge < -0.3 is 10.1 Å². The van der Waals surface area contributed by atoms with Gasteiger partial charge in [0.1, 0.15) is 18.2 Å². The van der Waals surface area contributed by atoms with Crippen molar-refractivity contribution in [1.29, 1.82) is 0 Å². The van der Waals surface area contributed by atoms with Crippen LogP contribution >= 0.6 is 0 Å². The van der Waals surface area contributed by atoms with Crippen molar-refractivity contribution >= 4 is 5.69 Å². The van der Waals surface area contributed by atoms with E-state index in [1.54, 1.807) is 6.07 Å². The third-order valence-corrected chi connectivity index (χ3v) is 4.20. The van der Waals surface area contributed by atoms with Gasteiger partial charge in [-0.2, -0.15) is 0 Å². The van der Waals surface area contributed by atoms with Crippen molar-refractivity contribution < 1.29 is 9.13 Å². The molecule has 1 N–H and O–H groups in total. The van der Waals surface area contributed by atoms with Crippen LogP contribution < -0.4 is 10.1 Å². The second-order valence-corrected chi connectivity index (χ2v) is 6.17. The summed E-state index contributed by atoms with van der Waals surface area (Å²) in [5.74, 6) is 0.603. The molecule has 0 aliphatic rings. The van der Waals surface area contributed by atoms with Crippen molar-refractivity contribution in [3.05, 3.63) is 95.3 Å². The largest absolute Gasteiger partial charge is 0.489 e. The summed E-state index contributed by atoms with van der Waals surface area (Å²) in [5.41, 5.74) is 4.10. The van der Waals surface area contributed by atoms with Crippen LogP contribution in [0.1, 0.15) is 29.7 Å². The fourth-order valence-electron chi connectivity index (χ4n) is 2.66. The second-order valence-electron chi connectivity index (χ2n) is 6.17. The number of benzene rings is 3. The van der Waals surface area contributed by atoms with E-state index in [4.69, 9.17) is 4.74 Å². The normalized spacial score (nSPS) is 11.8. The van der Waals surface area contributed by atoms with Crippen molar-refractivity contribution in [2.75, 3.05) is 5.32 Å². The van der Waals surface area contributed by atoms with Gasteiger partial charge in [0.05, 0.1) is 0 Å². The van der Waals surface area contributed by atoms with E-state index in [1.165, 1.54) is 12.1 Å². The molecule has 25 heavy (non-hydrogen) atoms. The van der Waals surface area contributed by atoms with Gasteiger partial charge in [0.25, 0.3) is 0 Å². The van der Waals surface area contributed by atoms with Crippen LogP contribution in [0.5, 0.6) is 5.75 Å². The van der Waals surface area contributed by atoms with Crippen LogP contribution in [0.2, 0.25) is 0 Å². The summed E-state index contributed by atoms with van der Waals surface area (Å²) in [7, 11) is 0. The lowest BCUT2D eigenvalue weighted by atomic mass is 10.1. The summed E-state index contributed by atoms with van der Waals surface area (Å²) < 4.78 is 19.2. The molecule has 3 aromatic rings. The highest BCUT2D eigenvalue weighted by Crippen LogP contribution is 2.24. The number of hydrogen-bond acceptors (Lipinski definition) is 2. The molecule has 3 aromatic carbocycles. The molecule has 1 unspecified atom stereocenters. The Kier molecular flexibility index (Phi) is 5.34. The minimum Gasteiger partial charge on any atom is -0.489 e. The minimum atomic E-state index is -0.232. The highest BCUT2D eigenvalue weighted by Gasteiger charge is 2.08. The van der Waals surface area contributed by atoms with E-state index in [9.17, 15) is 4.39 Å². The zero-order valence-corrected chi connectivity index (χ0v) is 14.5. The molecule has 0 radical (unpaired) electrons. The molecular formula is C22H22FNO. The molecule has 0 aliphatic heterocycles. The molecule has 0 spiro atoms. The van der Waals surface area contributed by atoms with E-state index >= 15 is 0 Å². The van der Waals surface area contributed by atoms with Crippen LogP contribution in [0.25, 0.3) is 0 Å². The SMILES string of the molecule is Cc1ccc(F)cc1NC(C)c1ccc(OCc2ccccc2)cc1. The summed E-state index contributed by atoms with van der Waals surface area (Å²) in [6, 6.07) is 23.0. The summed E-state index contributed by atoms with van der Waals surface area (Å²) in [6.45, 7) is 4.58. The Morgan fingerprint density at radius 2 is 1.68 bits per heavy atom. The summed E-state index contributed by atoms with van der Waals surface area (Å²) in [5, 5.41) is 3.36. The maximum Gasteiger partial charge on any atom is 0.125 e. The van der Waals surface area contributed by atoms with Crippen LogP contribution in [0, 0.1) is 12.7 Å². The molecule has 3 heteroatoms. The molecule has 0 saturated heterocycles. The van der Waals surface area contributed by atoms with Gasteiger partial charge in [0, 0.05) is 11.7 Å². The smallest absolute Gasteiger partial charge is 0.125 e. The Morgan fingerprint density at radius 1 is 0.960 bits per heavy atom. The third kappa shape index (κ3) is 4.60. The van der Waals surface area contributed by atoms with E-state index in [2.05, 4.69) is 12.2 Å². The van der Waals surface area contributed by atoms with Crippen molar-refractivity contribution in [2.24, 2.45) is 0 Å². The number of anilines is 1. The number of ether oxygens (including phenoxy) is 1. The van der Waals surface area contributed by atoms with Gasteiger partial charge in [-0.25, -0.2) is 4.39 Å². The van der Waals surface area contributed by atoms with E-state index in [-0.39, 0.29) is 11.9 Å². The molecule has 0 fully saturated rings. The molecular weight excluding hydrogens is 313 g/mol. The maximum absolute atomic E-state index is 13.4. The summed E-state index contributed by atoms with van der Waals surface area (Å²) >= 11 is 0. The first kappa shape index (κ1) is 17.0. The fourth-order valence-corrected chi connectivity index (χ4v) is 2.66. The lowest BCUT2D eigenvalue weighted by Crippen LogP contribution is -2.08. The van der Waals surface area contributed by atoms with E-state index in [1.807, 2.05) is 61.5 Å². The Morgan fingerprint density at radius 3 is 2.40 bits per heavy atom. The summed E-state index contributed by atoms with van der Waals surface area (Å²) in [4.78, 5) is 0. The standard InChI is InChI=1S/C22H22FNO/c1-16-8-11-20(23)14-22(16)24-17(2)19-9-12-21(13-10-19)25-15-18-6-4-3-5-7-18/h3-14,17,24H,15H2,1-2H3. The molecule has 1 atom stereocenters. The van der Waals surface area contributed by atoms with Gasteiger partial charge in [-0.1, -0.05) is 48.5 Å². The van der Waals surface area contributed by atoms with Crippen LogP contribution in [0.4, 0.5) is 10.1 Å². The molecule has 0 aliphatic carbocycles. The van der Waals surface area contributed by atoms with Gasteiger partial charge in [0.15, 0.2) is 0 Å². The second kappa shape index (κ2) is 7.84. The van der Waals surface area contributed by atoms with E-state index < -0.39 is 0 Å². The molecule has 128 valence electrons. The van der Waals surface area contributed by atoms with Crippen LogP contribution in [0.15, 0.2) is 72.8 Å². The molecule has 0 amide bonds. The van der Waals surface area contributed by atoms with Crippen molar-refractivity contribution in [2.45, 2.75) is 26.5 Å². The number of halogens is 1. The predicted molar refractivity (Wildman–Crippen MR) is 100 cm³/mol. The van der Waals surface area contributed by atoms with Gasteiger partial charge >= 0.3 is 0 Å². The predicted octanol–water partition coefficient (Wildman–Crippen LogP) is 5.89. The molecule has 0 heterocycles. The minimum absolute atomic E-state index is 0.0728. The van der Waals surface area contributed by atoms with Crippen LogP contribution in [0.3, 0.4) is 0 Å². The molecule has 0 aromatic heterocycles. The van der Waals surface area contributed by atoms with Gasteiger partial charge in [0.2, 0.25) is 0 Å². The van der Waals surface area contributed by atoms with Crippen molar-refractivity contribution in [1.82, 2.24) is 0 Å². The first-order valence-corrected chi connectivity index (χ1v) is 8.41. The van der Waals surface area contributed by atoms with Gasteiger partial charge in [-0.15, -0.1) is 0 Å². The number of hydrogen-bond donors (Lipinski definition) is 1. The van der Waals surface area contributed by atoms with Crippen molar-refractivity contribution in [3.8, 4) is 5.75 Å². The molecule has 0 bridgehead atoms. The highest BCUT2D eigenvalue weighted by molar-refractivity contribution is 5.52. The first-order valence-electron chi connectivity index (χ1n) is 8.41. The van der Waals surface area contributed by atoms with Gasteiger partial charge in [-0.05, 0) is 54.8 Å². The Bertz CT molecular complexity index is 815. The monoisotopic (exact) mass is 335 g/mol.